The molecular weight excluding hydrogens is 246 g/mol. The minimum atomic E-state index is -0.509. The van der Waals surface area contributed by atoms with E-state index < -0.39 is 4.92 Å². The van der Waals surface area contributed by atoms with Gasteiger partial charge >= 0.3 is 5.69 Å². The summed E-state index contributed by atoms with van der Waals surface area (Å²) in [6, 6.07) is 4.75. The van der Waals surface area contributed by atoms with Crippen molar-refractivity contribution in [3.63, 3.8) is 0 Å². The van der Waals surface area contributed by atoms with Crippen molar-refractivity contribution in [2.75, 3.05) is 25.5 Å². The molecule has 0 atom stereocenters. The van der Waals surface area contributed by atoms with Crippen molar-refractivity contribution < 1.29 is 9.72 Å². The fraction of sp³-hybridized carbons (Fsp3) is 0.462. The summed E-state index contributed by atoms with van der Waals surface area (Å²) in [5.74, 6) is -0.326. The minimum absolute atomic E-state index is 0.124. The molecule has 0 spiro atoms. The number of nitrogens with zero attached hydrogens (tertiary/aromatic N) is 2. The van der Waals surface area contributed by atoms with Gasteiger partial charge in [-0.05, 0) is 25.5 Å². The Morgan fingerprint density at radius 2 is 2.11 bits per heavy atom. The van der Waals surface area contributed by atoms with E-state index in [0.29, 0.717) is 18.8 Å². The Bertz CT molecular complexity index is 474. The van der Waals surface area contributed by atoms with E-state index in [2.05, 4.69) is 5.32 Å². The summed E-state index contributed by atoms with van der Waals surface area (Å²) in [5, 5.41) is 14.1. The summed E-state index contributed by atoms with van der Waals surface area (Å²) in [4.78, 5) is 24.4. The van der Waals surface area contributed by atoms with Crippen LogP contribution in [0.25, 0.3) is 0 Å². The van der Waals surface area contributed by atoms with Crippen LogP contribution in [0.5, 0.6) is 0 Å². The number of carbonyl (C=O) groups is 1. The number of carbonyl (C=O) groups excluding carboxylic acids is 1. The van der Waals surface area contributed by atoms with Crippen molar-refractivity contribution >= 4 is 17.3 Å². The summed E-state index contributed by atoms with van der Waals surface area (Å²) in [5.41, 5.74) is 0.347. The Kier molecular flexibility index (Phi) is 5.29. The van der Waals surface area contributed by atoms with E-state index in [1.165, 1.54) is 11.0 Å². The first-order valence-electron chi connectivity index (χ1n) is 6.29. The molecular formula is C13H19N3O3. The van der Waals surface area contributed by atoms with Crippen molar-refractivity contribution in [2.24, 2.45) is 0 Å². The number of nitro groups is 1. The lowest BCUT2D eigenvalue weighted by Crippen LogP contribution is -2.28. The maximum atomic E-state index is 12.2. The van der Waals surface area contributed by atoms with Crippen LogP contribution in [0.2, 0.25) is 0 Å². The highest BCUT2D eigenvalue weighted by Gasteiger charge is 2.25. The molecule has 1 rings (SSSR count). The summed E-state index contributed by atoms with van der Waals surface area (Å²) in [6.07, 6.45) is 0.808. The fourth-order valence-corrected chi connectivity index (χ4v) is 1.89. The highest BCUT2D eigenvalue weighted by atomic mass is 16.6. The second-order valence-electron chi connectivity index (χ2n) is 4.22. The Morgan fingerprint density at radius 1 is 1.42 bits per heavy atom. The lowest BCUT2D eigenvalue weighted by Gasteiger charge is -2.17. The van der Waals surface area contributed by atoms with Gasteiger partial charge in [-0.25, -0.2) is 0 Å². The molecule has 0 aromatic heterocycles. The Hall–Kier alpha value is -2.11. The zero-order valence-corrected chi connectivity index (χ0v) is 11.5. The molecule has 0 bridgehead atoms. The predicted molar refractivity (Wildman–Crippen MR) is 74.5 cm³/mol. The van der Waals surface area contributed by atoms with Crippen LogP contribution in [0.1, 0.15) is 30.6 Å². The van der Waals surface area contributed by atoms with E-state index in [1.807, 2.05) is 13.8 Å². The lowest BCUT2D eigenvalue weighted by molar-refractivity contribution is -0.384. The number of nitrogens with one attached hydrogen (secondary N) is 1. The van der Waals surface area contributed by atoms with Crippen LogP contribution in [0.15, 0.2) is 18.2 Å². The molecule has 1 aromatic carbocycles. The Balaban J connectivity index is 3.23. The van der Waals surface area contributed by atoms with E-state index >= 15 is 0 Å². The molecule has 104 valence electrons. The third kappa shape index (κ3) is 3.43. The average molecular weight is 265 g/mol. The van der Waals surface area contributed by atoms with Gasteiger partial charge in [-0.15, -0.1) is 0 Å². The van der Waals surface area contributed by atoms with E-state index in [0.717, 1.165) is 6.42 Å². The summed E-state index contributed by atoms with van der Waals surface area (Å²) >= 11 is 0. The number of rotatable bonds is 6. The van der Waals surface area contributed by atoms with Crippen LogP contribution in [-0.4, -0.2) is 35.9 Å². The molecule has 1 aromatic rings. The Labute approximate surface area is 112 Å². The summed E-state index contributed by atoms with van der Waals surface area (Å²) in [6.45, 7) is 4.93. The van der Waals surface area contributed by atoms with Gasteiger partial charge in [-0.2, -0.15) is 0 Å². The van der Waals surface area contributed by atoms with Crippen LogP contribution in [-0.2, 0) is 0 Å². The van der Waals surface area contributed by atoms with Gasteiger partial charge in [0.1, 0.15) is 11.3 Å². The van der Waals surface area contributed by atoms with Crippen molar-refractivity contribution in [3.8, 4) is 0 Å². The molecule has 1 amide bonds. The van der Waals surface area contributed by atoms with Crippen molar-refractivity contribution in [3.05, 3.63) is 33.9 Å². The monoisotopic (exact) mass is 265 g/mol. The van der Waals surface area contributed by atoms with Crippen molar-refractivity contribution in [1.29, 1.82) is 0 Å². The van der Waals surface area contributed by atoms with Gasteiger partial charge in [-0.1, -0.05) is 13.0 Å². The molecule has 0 heterocycles. The van der Waals surface area contributed by atoms with Gasteiger partial charge in [0.25, 0.3) is 5.91 Å². The summed E-state index contributed by atoms with van der Waals surface area (Å²) < 4.78 is 0. The average Bonchev–Trinajstić information content (AvgIpc) is 2.38. The number of amides is 1. The van der Waals surface area contributed by atoms with Crippen LogP contribution >= 0.6 is 0 Å². The number of para-hydroxylation sites is 1. The largest absolute Gasteiger partial charge is 0.380 e. The maximum Gasteiger partial charge on any atom is 0.305 e. The van der Waals surface area contributed by atoms with E-state index in [1.54, 1.807) is 19.2 Å². The second-order valence-corrected chi connectivity index (χ2v) is 4.22. The van der Waals surface area contributed by atoms with Gasteiger partial charge in [0, 0.05) is 20.1 Å². The molecule has 19 heavy (non-hydrogen) atoms. The minimum Gasteiger partial charge on any atom is -0.380 e. The first-order chi connectivity index (χ1) is 9.02. The highest BCUT2D eigenvalue weighted by molar-refractivity contribution is 6.00. The predicted octanol–water partition coefficient (Wildman–Crippen LogP) is 2.51. The second kappa shape index (κ2) is 6.72. The molecule has 6 heteroatoms. The number of benzene rings is 1. The number of hydrogen-bond donors (Lipinski definition) is 1. The molecule has 0 saturated carbocycles. The first kappa shape index (κ1) is 14.9. The fourth-order valence-electron chi connectivity index (χ4n) is 1.89. The number of hydrogen-bond acceptors (Lipinski definition) is 4. The molecule has 6 nitrogen and oxygen atoms in total. The van der Waals surface area contributed by atoms with E-state index in [9.17, 15) is 14.9 Å². The van der Waals surface area contributed by atoms with Gasteiger partial charge in [0.05, 0.1) is 4.92 Å². The van der Waals surface area contributed by atoms with E-state index in [-0.39, 0.29) is 17.2 Å². The van der Waals surface area contributed by atoms with E-state index in [4.69, 9.17) is 0 Å². The van der Waals surface area contributed by atoms with Crippen LogP contribution in [0.3, 0.4) is 0 Å². The Morgan fingerprint density at radius 3 is 2.63 bits per heavy atom. The van der Waals surface area contributed by atoms with Crippen LogP contribution in [0, 0.1) is 10.1 Å². The number of nitro benzene ring substituents is 1. The molecule has 0 saturated heterocycles. The molecule has 0 aliphatic carbocycles. The van der Waals surface area contributed by atoms with Crippen molar-refractivity contribution in [2.45, 2.75) is 20.3 Å². The van der Waals surface area contributed by atoms with Gasteiger partial charge in [0.15, 0.2) is 0 Å². The molecule has 0 unspecified atom stereocenters. The van der Waals surface area contributed by atoms with Crippen LogP contribution in [0.4, 0.5) is 11.4 Å². The third-order valence-electron chi connectivity index (χ3n) is 2.72. The zero-order chi connectivity index (χ0) is 14.4. The van der Waals surface area contributed by atoms with Gasteiger partial charge in [0.2, 0.25) is 0 Å². The normalized spacial score (nSPS) is 10.1. The standard InChI is InChI=1S/C13H19N3O3/c1-4-9-15(3)13(17)10-7-6-8-11(14-5-2)12(10)16(18)19/h6-8,14H,4-5,9H2,1-3H3. The molecule has 0 aliphatic rings. The number of anilines is 1. The molecule has 0 radical (unpaired) electrons. The topological polar surface area (TPSA) is 75.5 Å². The summed E-state index contributed by atoms with van der Waals surface area (Å²) in [7, 11) is 1.65. The highest BCUT2D eigenvalue weighted by Crippen LogP contribution is 2.29. The SMILES string of the molecule is CCCN(C)C(=O)c1cccc(NCC)c1[N+](=O)[O-]. The quantitative estimate of drug-likeness (QED) is 0.633. The molecule has 0 fully saturated rings. The first-order valence-corrected chi connectivity index (χ1v) is 6.29. The van der Waals surface area contributed by atoms with Crippen molar-refractivity contribution in [1.82, 2.24) is 4.90 Å². The molecule has 1 N–H and O–H groups in total. The lowest BCUT2D eigenvalue weighted by atomic mass is 10.1. The third-order valence-corrected chi connectivity index (χ3v) is 2.72. The van der Waals surface area contributed by atoms with Gasteiger partial charge in [-0.3, -0.25) is 14.9 Å². The molecule has 0 aliphatic heterocycles. The zero-order valence-electron chi connectivity index (χ0n) is 11.5. The van der Waals surface area contributed by atoms with Gasteiger partial charge < -0.3 is 10.2 Å². The van der Waals surface area contributed by atoms with Crippen LogP contribution < -0.4 is 5.32 Å². The smallest absolute Gasteiger partial charge is 0.305 e. The maximum absolute atomic E-state index is 12.2.